The van der Waals surface area contributed by atoms with Crippen LogP contribution in [0.15, 0.2) is 46.6 Å². The molecule has 0 saturated carbocycles. The van der Waals surface area contributed by atoms with E-state index in [4.69, 9.17) is 0 Å². The molecular weight excluding hydrogens is 400 g/mol. The van der Waals surface area contributed by atoms with Crippen LogP contribution in [0.4, 0.5) is 11.6 Å². The summed E-state index contributed by atoms with van der Waals surface area (Å²) in [6, 6.07) is 11.6. The summed E-state index contributed by atoms with van der Waals surface area (Å²) in [6.45, 7) is 4.34. The second kappa shape index (κ2) is 8.50. The molecule has 4 aromatic rings. The number of anilines is 2. The van der Waals surface area contributed by atoms with Crippen molar-refractivity contribution >= 4 is 34.7 Å². The summed E-state index contributed by atoms with van der Waals surface area (Å²) in [4.78, 5) is 35.2. The Bertz CT molecular complexity index is 1240. The number of carbonyl (C=O) groups is 1. The van der Waals surface area contributed by atoms with Crippen LogP contribution in [0.1, 0.15) is 28.1 Å². The van der Waals surface area contributed by atoms with Crippen LogP contribution in [-0.2, 0) is 17.8 Å². The zero-order valence-corrected chi connectivity index (χ0v) is 17.5. The number of hydrogen-bond acceptors (Lipinski definition) is 6. The van der Waals surface area contributed by atoms with Gasteiger partial charge in [-0.2, -0.15) is 9.50 Å². The van der Waals surface area contributed by atoms with Crippen LogP contribution in [0.3, 0.4) is 0 Å². The van der Waals surface area contributed by atoms with Gasteiger partial charge in [0.2, 0.25) is 11.9 Å². The van der Waals surface area contributed by atoms with Gasteiger partial charge in [0.25, 0.3) is 11.3 Å². The van der Waals surface area contributed by atoms with Crippen molar-refractivity contribution < 1.29 is 4.79 Å². The fourth-order valence-electron chi connectivity index (χ4n) is 3.19. The van der Waals surface area contributed by atoms with Crippen molar-refractivity contribution in [2.45, 2.75) is 33.2 Å². The van der Waals surface area contributed by atoms with Crippen LogP contribution in [0.5, 0.6) is 0 Å². The molecule has 0 aliphatic rings. The largest absolute Gasteiger partial charge is 0.350 e. The van der Waals surface area contributed by atoms with Crippen molar-refractivity contribution in [3.05, 3.63) is 73.8 Å². The van der Waals surface area contributed by atoms with Gasteiger partial charge in [0.05, 0.1) is 12.2 Å². The molecule has 9 heteroatoms. The number of H-pyrrole nitrogens is 1. The monoisotopic (exact) mass is 422 g/mol. The van der Waals surface area contributed by atoms with Crippen molar-refractivity contribution in [2.75, 3.05) is 10.6 Å². The Kier molecular flexibility index (Phi) is 5.62. The van der Waals surface area contributed by atoms with Crippen molar-refractivity contribution in [3.63, 3.8) is 0 Å². The fourth-order valence-corrected chi connectivity index (χ4v) is 3.83. The maximum absolute atomic E-state index is 12.9. The highest BCUT2D eigenvalue weighted by Gasteiger charge is 2.15. The van der Waals surface area contributed by atoms with Crippen molar-refractivity contribution in [1.29, 1.82) is 0 Å². The molecule has 0 aliphatic heterocycles. The summed E-state index contributed by atoms with van der Waals surface area (Å²) in [6.07, 6.45) is 0.491. The van der Waals surface area contributed by atoms with Crippen LogP contribution in [0, 0.1) is 13.8 Å². The highest BCUT2D eigenvalue weighted by molar-refractivity contribution is 7.09. The Hall–Kier alpha value is -3.46. The minimum absolute atomic E-state index is 0.146. The van der Waals surface area contributed by atoms with Crippen LogP contribution >= 0.6 is 11.3 Å². The molecule has 3 heterocycles. The van der Waals surface area contributed by atoms with E-state index in [2.05, 4.69) is 25.7 Å². The molecule has 30 heavy (non-hydrogen) atoms. The molecule has 0 unspecified atom stereocenters. The fraction of sp³-hybridized carbons (Fsp3) is 0.238. The second-order valence-corrected chi connectivity index (χ2v) is 8.07. The van der Waals surface area contributed by atoms with Crippen molar-refractivity contribution in [2.24, 2.45) is 0 Å². The first-order valence-electron chi connectivity index (χ1n) is 9.60. The Balaban J connectivity index is 1.46. The van der Waals surface area contributed by atoms with E-state index in [0.29, 0.717) is 35.9 Å². The first-order chi connectivity index (χ1) is 14.5. The highest BCUT2D eigenvalue weighted by atomic mass is 32.1. The quantitative estimate of drug-likeness (QED) is 0.424. The van der Waals surface area contributed by atoms with E-state index in [-0.39, 0.29) is 17.9 Å². The van der Waals surface area contributed by atoms with Crippen LogP contribution in [-0.4, -0.2) is 25.5 Å². The van der Waals surface area contributed by atoms with Gasteiger partial charge in [-0.1, -0.05) is 18.2 Å². The minimum atomic E-state index is -0.238. The van der Waals surface area contributed by atoms with Gasteiger partial charge in [-0.05, 0) is 49.4 Å². The summed E-state index contributed by atoms with van der Waals surface area (Å²) < 4.78 is 1.32. The molecule has 0 atom stereocenters. The lowest BCUT2D eigenvalue weighted by atomic mass is 10.1. The second-order valence-electron chi connectivity index (χ2n) is 7.04. The predicted molar refractivity (Wildman–Crippen MR) is 118 cm³/mol. The van der Waals surface area contributed by atoms with Gasteiger partial charge in [-0.15, -0.1) is 11.3 Å². The smallest absolute Gasteiger partial charge is 0.277 e. The number of nitrogens with one attached hydrogen (secondary N) is 3. The van der Waals surface area contributed by atoms with Gasteiger partial charge < -0.3 is 10.6 Å². The normalized spacial score (nSPS) is 11.0. The number of fused-ring (bicyclic) bond motifs is 1. The molecular formula is C21H22N6O2S. The number of amides is 1. The third-order valence-corrected chi connectivity index (χ3v) is 5.59. The molecule has 1 amide bonds. The van der Waals surface area contributed by atoms with Crippen LogP contribution in [0.25, 0.3) is 5.78 Å². The van der Waals surface area contributed by atoms with Gasteiger partial charge in [0.15, 0.2) is 0 Å². The molecule has 3 aromatic heterocycles. The summed E-state index contributed by atoms with van der Waals surface area (Å²) in [7, 11) is 0. The standard InChI is InChI=1S/C21H22N6O2S/c1-13-5-3-6-15(11-13)24-18(28)9-8-17-14(2)23-21-25-20(26-27(21)19(17)29)22-12-16-7-4-10-30-16/h3-7,10-11H,8-9,12H2,1-2H3,(H,24,28)(H2,22,23,25,26). The van der Waals surface area contributed by atoms with Gasteiger partial charge in [-0.3, -0.25) is 14.7 Å². The average Bonchev–Trinajstić information content (AvgIpc) is 3.35. The molecule has 1 aromatic carbocycles. The number of aryl methyl sites for hydroxylation is 2. The van der Waals surface area contributed by atoms with Gasteiger partial charge >= 0.3 is 0 Å². The highest BCUT2D eigenvalue weighted by Crippen LogP contribution is 2.13. The number of thiophene rings is 1. The number of benzene rings is 1. The number of carbonyl (C=O) groups excluding carboxylic acids is 1. The summed E-state index contributed by atoms with van der Waals surface area (Å²) in [5, 5.41) is 11.0. The van der Waals surface area contributed by atoms with E-state index in [1.165, 1.54) is 4.52 Å². The van der Waals surface area contributed by atoms with E-state index < -0.39 is 0 Å². The topological polar surface area (TPSA) is 104 Å². The molecule has 0 spiro atoms. The number of hydrogen-bond donors (Lipinski definition) is 3. The molecule has 0 saturated heterocycles. The van der Waals surface area contributed by atoms with E-state index >= 15 is 0 Å². The number of rotatable bonds is 7. The number of nitrogens with zero attached hydrogens (tertiary/aromatic N) is 3. The molecule has 0 aliphatic carbocycles. The van der Waals surface area contributed by atoms with E-state index in [1.54, 1.807) is 18.3 Å². The maximum Gasteiger partial charge on any atom is 0.277 e. The Labute approximate surface area is 177 Å². The molecule has 0 radical (unpaired) electrons. The molecule has 8 nitrogen and oxygen atoms in total. The van der Waals surface area contributed by atoms with Gasteiger partial charge in [0, 0.05) is 22.5 Å². The van der Waals surface area contributed by atoms with E-state index in [9.17, 15) is 9.59 Å². The SMILES string of the molecule is Cc1cccc(NC(=O)CCc2c(C)nc3nc(NCc4cccs4)[nH]n3c2=O)c1. The first kappa shape index (κ1) is 19.8. The lowest BCUT2D eigenvalue weighted by Gasteiger charge is -2.07. The molecule has 3 N–H and O–H groups in total. The summed E-state index contributed by atoms with van der Waals surface area (Å²) in [5.41, 5.74) is 2.66. The lowest BCUT2D eigenvalue weighted by Crippen LogP contribution is -2.23. The van der Waals surface area contributed by atoms with E-state index in [1.807, 2.05) is 48.7 Å². The zero-order valence-electron chi connectivity index (χ0n) is 16.7. The molecule has 0 bridgehead atoms. The zero-order chi connectivity index (χ0) is 21.1. The van der Waals surface area contributed by atoms with Gasteiger partial charge in [-0.25, -0.2) is 4.98 Å². The Morgan fingerprint density at radius 3 is 2.83 bits per heavy atom. The Morgan fingerprint density at radius 2 is 2.07 bits per heavy atom. The first-order valence-corrected chi connectivity index (χ1v) is 10.5. The van der Waals surface area contributed by atoms with Crippen molar-refractivity contribution in [3.8, 4) is 0 Å². The average molecular weight is 423 g/mol. The minimum Gasteiger partial charge on any atom is -0.350 e. The summed E-state index contributed by atoms with van der Waals surface area (Å²) >= 11 is 1.64. The van der Waals surface area contributed by atoms with Crippen LogP contribution in [0.2, 0.25) is 0 Å². The predicted octanol–water partition coefficient (Wildman–Crippen LogP) is 3.28. The summed E-state index contributed by atoms with van der Waals surface area (Å²) in [5.74, 6) is 0.633. The molecule has 154 valence electrons. The molecule has 0 fully saturated rings. The van der Waals surface area contributed by atoms with Crippen molar-refractivity contribution in [1.82, 2.24) is 19.6 Å². The maximum atomic E-state index is 12.9. The Morgan fingerprint density at radius 1 is 1.20 bits per heavy atom. The number of aromatic nitrogens is 4. The van der Waals surface area contributed by atoms with E-state index in [0.717, 1.165) is 16.1 Å². The lowest BCUT2D eigenvalue weighted by molar-refractivity contribution is -0.116. The van der Waals surface area contributed by atoms with Crippen LogP contribution < -0.4 is 16.2 Å². The number of aromatic amines is 1. The third kappa shape index (κ3) is 4.41. The third-order valence-electron chi connectivity index (χ3n) is 4.71. The molecule has 4 rings (SSSR count). The van der Waals surface area contributed by atoms with Gasteiger partial charge in [0.1, 0.15) is 0 Å².